The van der Waals surface area contributed by atoms with Gasteiger partial charge in [-0.05, 0) is 86.5 Å². The number of halogens is 3. The van der Waals surface area contributed by atoms with Gasteiger partial charge in [-0.25, -0.2) is 27.5 Å². The van der Waals surface area contributed by atoms with Gasteiger partial charge in [0.1, 0.15) is 12.2 Å². The summed E-state index contributed by atoms with van der Waals surface area (Å²) in [6.07, 6.45) is 4.43. The van der Waals surface area contributed by atoms with E-state index in [9.17, 15) is 23.6 Å². The number of fused-ring (bicyclic) bond motifs is 3. The van der Waals surface area contributed by atoms with E-state index < -0.39 is 42.0 Å². The zero-order valence-corrected chi connectivity index (χ0v) is 35.7. The summed E-state index contributed by atoms with van der Waals surface area (Å²) in [4.78, 5) is 60.7. The van der Waals surface area contributed by atoms with Crippen LogP contribution < -0.4 is 26.5 Å². The summed E-state index contributed by atoms with van der Waals surface area (Å²) in [5, 5.41) is 13.0. The predicted octanol–water partition coefficient (Wildman–Crippen LogP) is 4.30. The van der Waals surface area contributed by atoms with Crippen LogP contribution in [0, 0.1) is 17.8 Å². The van der Waals surface area contributed by atoms with Gasteiger partial charge in [0.15, 0.2) is 17.2 Å². The van der Waals surface area contributed by atoms with Gasteiger partial charge in [0.25, 0.3) is 11.8 Å². The van der Waals surface area contributed by atoms with Crippen molar-refractivity contribution in [3.63, 3.8) is 0 Å². The second-order valence-corrected chi connectivity index (χ2v) is 17.8. The maximum atomic E-state index is 16.1. The summed E-state index contributed by atoms with van der Waals surface area (Å²) < 4.78 is 50.1. The first kappa shape index (κ1) is 41.8. The van der Waals surface area contributed by atoms with Gasteiger partial charge in [-0.3, -0.25) is 38.6 Å². The van der Waals surface area contributed by atoms with Gasteiger partial charge in [0.05, 0.1) is 41.5 Å². The molecule has 4 fully saturated rings. The van der Waals surface area contributed by atoms with Crippen LogP contribution >= 0.6 is 0 Å². The Morgan fingerprint density at radius 2 is 1.81 bits per heavy atom. The molecule has 5 aliphatic rings. The maximum absolute atomic E-state index is 16.1. The second kappa shape index (κ2) is 16.4. The first-order valence-corrected chi connectivity index (χ1v) is 22.1. The highest BCUT2D eigenvalue weighted by Gasteiger charge is 2.48. The van der Waals surface area contributed by atoms with Crippen LogP contribution in [0.4, 0.5) is 30.4 Å². The quantitative estimate of drug-likeness (QED) is 0.144. The third-order valence-electron chi connectivity index (χ3n) is 13.7. The highest BCUT2D eigenvalue weighted by molar-refractivity contribution is 6.00. The number of nitrogens with one attached hydrogen (secondary N) is 3. The van der Waals surface area contributed by atoms with Crippen LogP contribution in [-0.2, 0) is 29.6 Å². The third-order valence-corrected chi connectivity index (χ3v) is 13.7. The van der Waals surface area contributed by atoms with Crippen LogP contribution in [-0.4, -0.2) is 115 Å². The molecule has 3 aromatic heterocycles. The van der Waals surface area contributed by atoms with Gasteiger partial charge in [0.2, 0.25) is 11.8 Å². The fourth-order valence-corrected chi connectivity index (χ4v) is 10.1. The van der Waals surface area contributed by atoms with E-state index >= 15 is 8.78 Å². The molecule has 3 N–H and O–H groups in total. The average Bonchev–Trinajstić information content (AvgIpc) is 3.56. The standard InChI is InChI=1S/C46H50F3N11O4/c1-50-33-23-40(54-60-38(24-51-42(33)60)44(63)52-32-22-31(32)47)58-20-15-30-29(7-4-8-34(30)58)25-56-17-16-39(46(48,49)26-56)57-18-13-27(14-19-57)5-3-6-28-9-10-35-37(21-28)55(2)45(64)59(35)36-11-12-41(61)53-43(36)62/h4,7-10,21,23-24,27,31-32,36,39,50H,5,11-20,22,25-26H2,1-2H3,(H,52,63)(H,53,61,62)/t31-,32+,36?,39?/m0/s1. The number of benzene rings is 2. The molecule has 1 saturated carbocycles. The van der Waals surface area contributed by atoms with Gasteiger partial charge in [0, 0.05) is 70.3 Å². The zero-order valence-electron chi connectivity index (χ0n) is 35.7. The van der Waals surface area contributed by atoms with Crippen molar-refractivity contribution in [2.45, 2.75) is 88.1 Å². The Hall–Kier alpha value is -6.19. The van der Waals surface area contributed by atoms with Crippen LogP contribution in [0.1, 0.15) is 78.2 Å². The van der Waals surface area contributed by atoms with E-state index in [-0.39, 0.29) is 36.7 Å². The highest BCUT2D eigenvalue weighted by Crippen LogP contribution is 2.39. The fraction of sp³-hybridized carbons (Fsp3) is 0.478. The van der Waals surface area contributed by atoms with E-state index in [4.69, 9.17) is 5.10 Å². The lowest BCUT2D eigenvalue weighted by molar-refractivity contribution is -0.135. The first-order valence-electron chi connectivity index (χ1n) is 22.1. The van der Waals surface area contributed by atoms with Crippen molar-refractivity contribution in [3.05, 3.63) is 81.5 Å². The van der Waals surface area contributed by atoms with Crippen molar-refractivity contribution in [2.24, 2.45) is 13.0 Å². The lowest BCUT2D eigenvalue weighted by Gasteiger charge is -2.45. The summed E-state index contributed by atoms with van der Waals surface area (Å²) in [7, 11) is 3.42. The number of aromatic nitrogens is 5. The number of imidazole rings is 2. The highest BCUT2D eigenvalue weighted by atomic mass is 19.3. The molecule has 1 aliphatic carbocycles. The smallest absolute Gasteiger partial charge is 0.329 e. The Bertz CT molecular complexity index is 2820. The molecule has 10 rings (SSSR count). The van der Waals surface area contributed by atoms with Crippen LogP contribution in [0.25, 0.3) is 16.7 Å². The van der Waals surface area contributed by atoms with Crippen LogP contribution in [0.3, 0.4) is 0 Å². The van der Waals surface area contributed by atoms with E-state index in [2.05, 4.69) is 37.7 Å². The average molecular weight is 878 g/mol. The largest absolute Gasteiger partial charge is 0.385 e. The molecule has 4 atom stereocenters. The van der Waals surface area contributed by atoms with Crippen LogP contribution in [0.2, 0.25) is 0 Å². The number of imide groups is 1. The lowest BCUT2D eigenvalue weighted by atomic mass is 9.90. The predicted molar refractivity (Wildman–Crippen MR) is 233 cm³/mol. The SMILES string of the molecule is CNc1cc(N2CCc3c(CN4CCC(N5CCC(CC#Cc6ccc7c(c6)n(C)c(=O)n7C6CCC(=O)NC6=O)CC5)C(F)(F)C4)cccc32)nn2c(C(=O)N[C@@H]3C[C@@H]3F)cnc12. The Labute approximate surface area is 366 Å². The Morgan fingerprint density at radius 1 is 1.00 bits per heavy atom. The summed E-state index contributed by atoms with van der Waals surface area (Å²) >= 11 is 0. The summed E-state index contributed by atoms with van der Waals surface area (Å²) in [6.45, 7) is 2.46. The fourth-order valence-electron chi connectivity index (χ4n) is 10.1. The molecule has 64 heavy (non-hydrogen) atoms. The minimum Gasteiger partial charge on any atom is -0.385 e. The second-order valence-electron chi connectivity index (χ2n) is 17.8. The molecule has 0 radical (unpaired) electrons. The number of nitrogens with zero attached hydrogens (tertiary/aromatic N) is 8. The van der Waals surface area contributed by atoms with E-state index in [0.29, 0.717) is 92.5 Å². The van der Waals surface area contributed by atoms with E-state index in [1.807, 2.05) is 46.2 Å². The van der Waals surface area contributed by atoms with Crippen LogP contribution in [0.15, 0.2) is 53.5 Å². The summed E-state index contributed by atoms with van der Waals surface area (Å²) in [6, 6.07) is 11.3. The molecular formula is C46H50F3N11O4. The van der Waals surface area contributed by atoms with E-state index in [1.165, 1.54) is 19.8 Å². The minimum atomic E-state index is -2.88. The number of hydrogen-bond acceptors (Lipinski definition) is 10. The van der Waals surface area contributed by atoms with Crippen molar-refractivity contribution in [3.8, 4) is 11.8 Å². The number of piperidine rings is 3. The number of aryl methyl sites for hydroxylation is 1. The number of likely N-dealkylation sites (tertiary alicyclic amines) is 2. The van der Waals surface area contributed by atoms with Crippen molar-refractivity contribution >= 4 is 51.6 Å². The zero-order chi connectivity index (χ0) is 44.4. The molecule has 2 unspecified atom stereocenters. The number of rotatable bonds is 9. The molecule has 15 nitrogen and oxygen atoms in total. The molecule has 3 saturated heterocycles. The van der Waals surface area contributed by atoms with Crippen LogP contribution in [0.5, 0.6) is 0 Å². The maximum Gasteiger partial charge on any atom is 0.329 e. The number of carbonyl (C=O) groups excluding carboxylic acids is 3. The number of amides is 3. The van der Waals surface area contributed by atoms with Gasteiger partial charge in [-0.2, -0.15) is 0 Å². The Balaban J connectivity index is 0.752. The van der Waals surface area contributed by atoms with E-state index in [0.717, 1.165) is 35.2 Å². The monoisotopic (exact) mass is 877 g/mol. The molecule has 0 bridgehead atoms. The van der Waals surface area contributed by atoms with Gasteiger partial charge in [-0.15, -0.1) is 5.10 Å². The molecule has 3 amide bonds. The number of hydrogen-bond donors (Lipinski definition) is 3. The van der Waals surface area contributed by atoms with Gasteiger partial charge < -0.3 is 15.5 Å². The number of anilines is 3. The molecule has 5 aromatic rings. The minimum absolute atomic E-state index is 0.171. The molecule has 334 valence electrons. The topological polar surface area (TPSA) is 154 Å². The molecule has 7 heterocycles. The van der Waals surface area contributed by atoms with Crippen molar-refractivity contribution < 1.29 is 27.6 Å². The normalized spacial score (nSPS) is 23.8. The molecule has 4 aliphatic heterocycles. The van der Waals surface area contributed by atoms with Crippen molar-refractivity contribution in [1.29, 1.82) is 0 Å². The Morgan fingerprint density at radius 3 is 2.56 bits per heavy atom. The third kappa shape index (κ3) is 7.67. The number of alkyl halides is 3. The summed E-state index contributed by atoms with van der Waals surface area (Å²) in [5.41, 5.74) is 6.06. The molecular weight excluding hydrogens is 828 g/mol. The number of carbonyl (C=O) groups is 3. The molecule has 18 heteroatoms. The molecule has 2 aromatic carbocycles. The van der Waals surface area contributed by atoms with Gasteiger partial charge in [-0.1, -0.05) is 24.0 Å². The lowest BCUT2D eigenvalue weighted by Crippen LogP contribution is -2.59. The van der Waals surface area contributed by atoms with Crippen molar-refractivity contribution in [1.82, 2.24) is 44.2 Å². The summed E-state index contributed by atoms with van der Waals surface area (Å²) in [5.74, 6) is 3.27. The molecule has 0 spiro atoms. The first-order chi connectivity index (χ1) is 30.9. The van der Waals surface area contributed by atoms with Crippen molar-refractivity contribution in [2.75, 3.05) is 50.0 Å². The van der Waals surface area contributed by atoms with E-state index in [1.54, 1.807) is 20.2 Å². The Kier molecular flexibility index (Phi) is 10.7. The van der Waals surface area contributed by atoms with Gasteiger partial charge >= 0.3 is 5.69 Å².